The maximum absolute atomic E-state index is 9.74. The van der Waals surface area contributed by atoms with E-state index in [0.29, 0.717) is 17.3 Å². The van der Waals surface area contributed by atoms with Crippen LogP contribution in [0.25, 0.3) is 0 Å². The maximum Gasteiger partial charge on any atom is 0.227 e. The number of nitriles is 1. The van der Waals surface area contributed by atoms with Gasteiger partial charge in [0.15, 0.2) is 0 Å². The number of aromatic nitrogens is 1. The van der Waals surface area contributed by atoms with Crippen LogP contribution in [0.15, 0.2) is 18.2 Å². The van der Waals surface area contributed by atoms with E-state index in [4.69, 9.17) is 16.2 Å². The second-order valence-electron chi connectivity index (χ2n) is 5.99. The van der Waals surface area contributed by atoms with Crippen LogP contribution in [0.4, 0.5) is 11.5 Å². The first-order chi connectivity index (χ1) is 11.6. The molecule has 1 unspecified atom stereocenters. The summed E-state index contributed by atoms with van der Waals surface area (Å²) in [6.07, 6.45) is 4.10. The molecule has 0 aliphatic carbocycles. The van der Waals surface area contributed by atoms with Gasteiger partial charge in [-0.3, -0.25) is 0 Å². The molecule has 124 valence electrons. The fourth-order valence-corrected chi connectivity index (χ4v) is 3.20. The monoisotopic (exact) mass is 324 g/mol. The highest BCUT2D eigenvalue weighted by molar-refractivity contribution is 5.73. The number of phenolic OH excluding ortho intramolecular Hbond substituents is 1. The Morgan fingerprint density at radius 1 is 1.33 bits per heavy atom. The number of unbranched alkanes of at least 4 members (excludes halogenated alkanes) is 2. The van der Waals surface area contributed by atoms with Crippen LogP contribution in [-0.2, 0) is 0 Å². The lowest BCUT2D eigenvalue weighted by Gasteiger charge is -2.29. The van der Waals surface area contributed by atoms with Crippen LogP contribution in [0.3, 0.4) is 0 Å². The molecule has 1 aliphatic rings. The molecule has 1 aromatic carbocycles. The summed E-state index contributed by atoms with van der Waals surface area (Å²) in [4.78, 5) is 4.22. The Morgan fingerprint density at radius 2 is 2.12 bits per heavy atom. The van der Waals surface area contributed by atoms with Crippen molar-refractivity contribution in [2.45, 2.75) is 38.5 Å². The lowest BCUT2D eigenvalue weighted by atomic mass is 9.83. The molecular formula is C18H20N4O2. The highest BCUT2D eigenvalue weighted by atomic mass is 16.5. The summed E-state index contributed by atoms with van der Waals surface area (Å²) in [6.45, 7) is 2.15. The Labute approximate surface area is 140 Å². The molecule has 0 amide bonds. The van der Waals surface area contributed by atoms with Crippen molar-refractivity contribution >= 4 is 11.5 Å². The minimum absolute atomic E-state index is 0.0314. The number of nitrogens with two attached hydrogens (primary N) is 2. The van der Waals surface area contributed by atoms with Crippen LogP contribution in [0.5, 0.6) is 17.4 Å². The van der Waals surface area contributed by atoms with E-state index in [2.05, 4.69) is 11.9 Å². The standard InChI is InChI=1S/C18H20N4O2/c1-2-3-4-5-12-11-7-6-10(23)8-14(11)24-18-15(12)16(20)13(9-19)17(21)22-18/h6-8,12,23H,2-5H2,1H3,(H4,20,21,22). The molecule has 5 N–H and O–H groups in total. The Hall–Kier alpha value is -2.94. The maximum atomic E-state index is 9.74. The summed E-state index contributed by atoms with van der Waals surface area (Å²) in [7, 11) is 0. The van der Waals surface area contributed by atoms with Crippen molar-refractivity contribution in [1.29, 1.82) is 5.26 Å². The van der Waals surface area contributed by atoms with E-state index in [0.717, 1.165) is 36.8 Å². The smallest absolute Gasteiger partial charge is 0.227 e. The quantitative estimate of drug-likeness (QED) is 0.739. The second-order valence-corrected chi connectivity index (χ2v) is 5.99. The molecule has 0 spiro atoms. The molecule has 6 heteroatoms. The SMILES string of the molecule is CCCCCC1c2ccc(O)cc2Oc2nc(N)c(C#N)c(N)c21. The molecule has 0 radical (unpaired) electrons. The van der Waals surface area contributed by atoms with E-state index < -0.39 is 0 Å². The number of hydrogen-bond acceptors (Lipinski definition) is 6. The number of anilines is 2. The molecule has 0 fully saturated rings. The molecule has 0 saturated heterocycles. The van der Waals surface area contributed by atoms with Crippen LogP contribution in [0.2, 0.25) is 0 Å². The van der Waals surface area contributed by atoms with E-state index in [9.17, 15) is 10.4 Å². The average Bonchev–Trinajstić information content (AvgIpc) is 2.54. The number of fused-ring (bicyclic) bond motifs is 2. The summed E-state index contributed by atoms with van der Waals surface area (Å²) in [6, 6.07) is 7.06. The van der Waals surface area contributed by atoms with Crippen molar-refractivity contribution in [3.05, 3.63) is 34.9 Å². The molecular weight excluding hydrogens is 304 g/mol. The van der Waals surface area contributed by atoms with Crippen LogP contribution in [0.1, 0.15) is 55.2 Å². The average molecular weight is 324 g/mol. The normalized spacial score (nSPS) is 15.1. The first-order valence-corrected chi connectivity index (χ1v) is 8.06. The van der Waals surface area contributed by atoms with E-state index in [1.165, 1.54) is 0 Å². The van der Waals surface area contributed by atoms with Gasteiger partial charge in [0.25, 0.3) is 0 Å². The minimum atomic E-state index is -0.0314. The van der Waals surface area contributed by atoms with E-state index >= 15 is 0 Å². The Bertz CT molecular complexity index is 827. The molecule has 0 bridgehead atoms. The molecule has 3 rings (SSSR count). The van der Waals surface area contributed by atoms with Gasteiger partial charge in [0.1, 0.15) is 28.9 Å². The van der Waals surface area contributed by atoms with Gasteiger partial charge in [-0.25, -0.2) is 0 Å². The Balaban J connectivity index is 2.15. The number of ether oxygens (including phenoxy) is 1. The molecule has 6 nitrogen and oxygen atoms in total. The molecule has 1 aromatic heterocycles. The number of rotatable bonds is 4. The number of nitrogens with zero attached hydrogens (tertiary/aromatic N) is 2. The number of benzene rings is 1. The molecule has 2 aromatic rings. The second kappa shape index (κ2) is 6.28. The third-order valence-electron chi connectivity index (χ3n) is 4.40. The topological polar surface area (TPSA) is 118 Å². The van der Waals surface area contributed by atoms with Gasteiger partial charge in [-0.2, -0.15) is 10.2 Å². The highest BCUT2D eigenvalue weighted by Gasteiger charge is 2.32. The predicted octanol–water partition coefficient (Wildman–Crippen LogP) is 3.64. The van der Waals surface area contributed by atoms with Crippen LogP contribution < -0.4 is 16.2 Å². The van der Waals surface area contributed by atoms with Gasteiger partial charge in [-0.15, -0.1) is 0 Å². The lowest BCUT2D eigenvalue weighted by molar-refractivity contribution is 0.413. The van der Waals surface area contributed by atoms with Gasteiger partial charge in [-0.05, 0) is 12.5 Å². The summed E-state index contributed by atoms with van der Waals surface area (Å²) in [5.74, 6) is 1.03. The van der Waals surface area contributed by atoms with Gasteiger partial charge >= 0.3 is 0 Å². The van der Waals surface area contributed by atoms with E-state index in [1.807, 2.05) is 12.1 Å². The highest BCUT2D eigenvalue weighted by Crippen LogP contribution is 2.49. The van der Waals surface area contributed by atoms with E-state index in [1.54, 1.807) is 12.1 Å². The first kappa shape index (κ1) is 15.9. The molecule has 2 heterocycles. The van der Waals surface area contributed by atoms with Gasteiger partial charge < -0.3 is 21.3 Å². The molecule has 0 saturated carbocycles. The Kier molecular flexibility index (Phi) is 4.17. The van der Waals surface area contributed by atoms with Crippen molar-refractivity contribution < 1.29 is 9.84 Å². The number of pyridine rings is 1. The van der Waals surface area contributed by atoms with Crippen molar-refractivity contribution in [3.8, 4) is 23.4 Å². The number of phenols is 1. The largest absolute Gasteiger partial charge is 0.508 e. The van der Waals surface area contributed by atoms with Crippen molar-refractivity contribution in [3.63, 3.8) is 0 Å². The molecule has 1 aliphatic heterocycles. The predicted molar refractivity (Wildman–Crippen MR) is 91.9 cm³/mol. The van der Waals surface area contributed by atoms with Gasteiger partial charge in [0, 0.05) is 23.1 Å². The number of nitrogen functional groups attached to an aromatic ring is 2. The van der Waals surface area contributed by atoms with Crippen molar-refractivity contribution in [2.24, 2.45) is 0 Å². The zero-order chi connectivity index (χ0) is 17.3. The fraction of sp³-hybridized carbons (Fsp3) is 0.333. The van der Waals surface area contributed by atoms with Gasteiger partial charge in [0.05, 0.1) is 5.69 Å². The van der Waals surface area contributed by atoms with E-state index in [-0.39, 0.29) is 23.0 Å². The number of aromatic hydroxyl groups is 1. The molecule has 1 atom stereocenters. The van der Waals surface area contributed by atoms with Crippen molar-refractivity contribution in [1.82, 2.24) is 4.98 Å². The molecule has 24 heavy (non-hydrogen) atoms. The first-order valence-electron chi connectivity index (χ1n) is 8.06. The Morgan fingerprint density at radius 3 is 2.83 bits per heavy atom. The lowest BCUT2D eigenvalue weighted by Crippen LogP contribution is -2.16. The van der Waals surface area contributed by atoms with Crippen LogP contribution in [-0.4, -0.2) is 10.1 Å². The third-order valence-corrected chi connectivity index (χ3v) is 4.40. The third kappa shape index (κ3) is 2.58. The zero-order valence-electron chi connectivity index (χ0n) is 13.5. The van der Waals surface area contributed by atoms with Crippen LogP contribution >= 0.6 is 0 Å². The minimum Gasteiger partial charge on any atom is -0.508 e. The summed E-state index contributed by atoms with van der Waals surface area (Å²) in [5, 5.41) is 19.0. The van der Waals surface area contributed by atoms with Gasteiger partial charge in [0.2, 0.25) is 5.88 Å². The summed E-state index contributed by atoms with van der Waals surface area (Å²) in [5.41, 5.74) is 14.2. The summed E-state index contributed by atoms with van der Waals surface area (Å²) < 4.78 is 5.82. The zero-order valence-corrected chi connectivity index (χ0v) is 13.5. The van der Waals surface area contributed by atoms with Crippen molar-refractivity contribution in [2.75, 3.05) is 11.5 Å². The summed E-state index contributed by atoms with van der Waals surface area (Å²) >= 11 is 0. The number of hydrogen-bond donors (Lipinski definition) is 3. The fourth-order valence-electron chi connectivity index (χ4n) is 3.20. The van der Waals surface area contributed by atoms with Crippen LogP contribution in [0, 0.1) is 11.3 Å². The van der Waals surface area contributed by atoms with Gasteiger partial charge in [-0.1, -0.05) is 32.3 Å².